The van der Waals surface area contributed by atoms with Gasteiger partial charge in [-0.15, -0.1) is 0 Å². The first-order valence-corrected chi connectivity index (χ1v) is 4.33. The molecule has 48 valence electrons. The molecule has 1 fully saturated rings. The summed E-state index contributed by atoms with van der Waals surface area (Å²) >= 11 is 2.50. The van der Waals surface area contributed by atoms with Crippen LogP contribution >= 0.6 is 22.6 Å². The first-order valence-electron chi connectivity index (χ1n) is 3.08. The second-order valence-electron chi connectivity index (χ2n) is 2.64. The maximum Gasteiger partial charge on any atom is 0.0364 e. The van der Waals surface area contributed by atoms with Gasteiger partial charge in [-0.3, -0.25) is 4.90 Å². The number of halogens is 1. The SMILES string of the molecule is CC(C)N1CC(I)C1. The second-order valence-corrected chi connectivity index (χ2v) is 4.41. The van der Waals surface area contributed by atoms with Gasteiger partial charge in [-0.25, -0.2) is 0 Å². The van der Waals surface area contributed by atoms with Gasteiger partial charge in [0.15, 0.2) is 0 Å². The van der Waals surface area contributed by atoms with Crippen molar-refractivity contribution in [1.82, 2.24) is 4.90 Å². The molecule has 1 heterocycles. The quantitative estimate of drug-likeness (QED) is 0.483. The summed E-state index contributed by atoms with van der Waals surface area (Å²) in [5.41, 5.74) is 0. The highest BCUT2D eigenvalue weighted by atomic mass is 127. The molecule has 0 radical (unpaired) electrons. The van der Waals surface area contributed by atoms with Gasteiger partial charge in [-0.05, 0) is 13.8 Å². The lowest BCUT2D eigenvalue weighted by molar-refractivity contribution is 0.153. The minimum atomic E-state index is 0.765. The lowest BCUT2D eigenvalue weighted by Gasteiger charge is -2.39. The zero-order valence-electron chi connectivity index (χ0n) is 5.39. The van der Waals surface area contributed by atoms with Crippen molar-refractivity contribution in [3.05, 3.63) is 0 Å². The fourth-order valence-corrected chi connectivity index (χ4v) is 1.89. The zero-order chi connectivity index (χ0) is 6.15. The molecule has 1 rings (SSSR count). The predicted molar refractivity (Wildman–Crippen MR) is 44.5 cm³/mol. The number of alkyl halides is 1. The molecular weight excluding hydrogens is 213 g/mol. The van der Waals surface area contributed by atoms with Crippen LogP contribution < -0.4 is 0 Å². The van der Waals surface area contributed by atoms with Crippen molar-refractivity contribution in [2.75, 3.05) is 13.1 Å². The summed E-state index contributed by atoms with van der Waals surface area (Å²) in [5.74, 6) is 0. The molecule has 1 aliphatic rings. The van der Waals surface area contributed by atoms with E-state index in [1.165, 1.54) is 13.1 Å². The van der Waals surface area contributed by atoms with Crippen molar-refractivity contribution >= 4 is 22.6 Å². The lowest BCUT2D eigenvalue weighted by Crippen LogP contribution is -2.50. The summed E-state index contributed by atoms with van der Waals surface area (Å²) in [6, 6.07) is 0.765. The molecule has 1 aliphatic heterocycles. The molecule has 0 aromatic carbocycles. The van der Waals surface area contributed by atoms with Crippen LogP contribution in [0.2, 0.25) is 0 Å². The van der Waals surface area contributed by atoms with E-state index >= 15 is 0 Å². The van der Waals surface area contributed by atoms with Crippen LogP contribution in [0.1, 0.15) is 13.8 Å². The Hall–Kier alpha value is 0.690. The van der Waals surface area contributed by atoms with Crippen LogP contribution in [0.4, 0.5) is 0 Å². The van der Waals surface area contributed by atoms with Gasteiger partial charge in [0.2, 0.25) is 0 Å². The predicted octanol–water partition coefficient (Wildman–Crippen LogP) is 1.51. The van der Waals surface area contributed by atoms with Crippen molar-refractivity contribution in [2.45, 2.75) is 23.8 Å². The summed E-state index contributed by atoms with van der Waals surface area (Å²) in [7, 11) is 0. The molecule has 0 aromatic heterocycles. The van der Waals surface area contributed by atoms with Crippen molar-refractivity contribution in [3.8, 4) is 0 Å². The lowest BCUT2D eigenvalue weighted by atomic mass is 10.2. The third-order valence-corrected chi connectivity index (χ3v) is 2.38. The van der Waals surface area contributed by atoms with E-state index < -0.39 is 0 Å². The number of likely N-dealkylation sites (tertiary alicyclic amines) is 1. The van der Waals surface area contributed by atoms with Crippen molar-refractivity contribution in [3.63, 3.8) is 0 Å². The first kappa shape index (κ1) is 6.81. The highest BCUT2D eigenvalue weighted by Gasteiger charge is 2.25. The highest BCUT2D eigenvalue weighted by Crippen LogP contribution is 2.18. The fraction of sp³-hybridized carbons (Fsp3) is 1.00. The number of hydrogen-bond donors (Lipinski definition) is 0. The van der Waals surface area contributed by atoms with E-state index in [9.17, 15) is 0 Å². The molecule has 0 spiro atoms. The topological polar surface area (TPSA) is 3.24 Å². The van der Waals surface area contributed by atoms with Crippen LogP contribution in [0.3, 0.4) is 0 Å². The molecular formula is C6H12IN. The Bertz CT molecular complexity index is 76.6. The Kier molecular flexibility index (Phi) is 2.14. The van der Waals surface area contributed by atoms with Gasteiger partial charge in [0.25, 0.3) is 0 Å². The summed E-state index contributed by atoms with van der Waals surface area (Å²) < 4.78 is 0.926. The van der Waals surface area contributed by atoms with Gasteiger partial charge in [-0.1, -0.05) is 22.6 Å². The zero-order valence-corrected chi connectivity index (χ0v) is 7.55. The van der Waals surface area contributed by atoms with E-state index in [1.54, 1.807) is 0 Å². The standard InChI is InChI=1S/C6H12IN/c1-5(2)8-3-6(7)4-8/h5-6H,3-4H2,1-2H3. The van der Waals surface area contributed by atoms with E-state index in [4.69, 9.17) is 0 Å². The molecule has 2 heteroatoms. The van der Waals surface area contributed by atoms with Crippen LogP contribution in [-0.4, -0.2) is 28.0 Å². The second kappa shape index (κ2) is 2.52. The third kappa shape index (κ3) is 1.35. The van der Waals surface area contributed by atoms with E-state index in [0.29, 0.717) is 0 Å². The average Bonchev–Trinajstić information content (AvgIpc) is 1.57. The molecule has 1 saturated heterocycles. The van der Waals surface area contributed by atoms with Gasteiger partial charge in [0.1, 0.15) is 0 Å². The summed E-state index contributed by atoms with van der Waals surface area (Å²) in [4.78, 5) is 2.48. The van der Waals surface area contributed by atoms with Gasteiger partial charge in [-0.2, -0.15) is 0 Å². The Balaban J connectivity index is 2.15. The van der Waals surface area contributed by atoms with Crippen molar-refractivity contribution in [1.29, 1.82) is 0 Å². The van der Waals surface area contributed by atoms with E-state index in [2.05, 4.69) is 41.3 Å². The van der Waals surface area contributed by atoms with Crippen LogP contribution in [0.5, 0.6) is 0 Å². The molecule has 0 atom stereocenters. The van der Waals surface area contributed by atoms with Crippen LogP contribution in [-0.2, 0) is 0 Å². The molecule has 0 saturated carbocycles. The smallest absolute Gasteiger partial charge is 0.0364 e. The van der Waals surface area contributed by atoms with Gasteiger partial charge in [0.05, 0.1) is 0 Å². The van der Waals surface area contributed by atoms with Crippen molar-refractivity contribution in [2.24, 2.45) is 0 Å². The Morgan fingerprint density at radius 3 is 2.12 bits per heavy atom. The molecule has 0 aromatic rings. The normalized spacial score (nSPS) is 24.0. The molecule has 0 unspecified atom stereocenters. The van der Waals surface area contributed by atoms with Crippen LogP contribution in [0.15, 0.2) is 0 Å². The molecule has 0 aliphatic carbocycles. The maximum atomic E-state index is 2.50. The van der Waals surface area contributed by atoms with E-state index in [0.717, 1.165) is 9.97 Å². The monoisotopic (exact) mass is 225 g/mol. The Morgan fingerprint density at radius 2 is 2.00 bits per heavy atom. The number of hydrogen-bond acceptors (Lipinski definition) is 1. The maximum absolute atomic E-state index is 2.50. The number of rotatable bonds is 1. The first-order chi connectivity index (χ1) is 3.70. The molecule has 1 nitrogen and oxygen atoms in total. The highest BCUT2D eigenvalue weighted by molar-refractivity contribution is 14.1. The van der Waals surface area contributed by atoms with Gasteiger partial charge < -0.3 is 0 Å². The molecule has 8 heavy (non-hydrogen) atoms. The Morgan fingerprint density at radius 1 is 1.50 bits per heavy atom. The van der Waals surface area contributed by atoms with Crippen molar-refractivity contribution < 1.29 is 0 Å². The fourth-order valence-electron chi connectivity index (χ4n) is 0.877. The number of nitrogens with zero attached hydrogens (tertiary/aromatic N) is 1. The average molecular weight is 225 g/mol. The van der Waals surface area contributed by atoms with Gasteiger partial charge in [0, 0.05) is 23.1 Å². The largest absolute Gasteiger partial charge is 0.299 e. The minimum Gasteiger partial charge on any atom is -0.299 e. The van der Waals surface area contributed by atoms with E-state index in [1.807, 2.05) is 0 Å². The van der Waals surface area contributed by atoms with Gasteiger partial charge >= 0.3 is 0 Å². The van der Waals surface area contributed by atoms with Crippen LogP contribution in [0, 0.1) is 0 Å². The summed E-state index contributed by atoms with van der Waals surface area (Å²) in [6.07, 6.45) is 0. The molecule has 0 amide bonds. The third-order valence-electron chi connectivity index (χ3n) is 1.60. The van der Waals surface area contributed by atoms with Crippen LogP contribution in [0.25, 0.3) is 0 Å². The molecule has 0 N–H and O–H groups in total. The summed E-state index contributed by atoms with van der Waals surface area (Å²) in [6.45, 7) is 7.11. The molecule has 0 bridgehead atoms. The minimum absolute atomic E-state index is 0.765. The Labute approximate surface area is 64.6 Å². The van der Waals surface area contributed by atoms with E-state index in [-0.39, 0.29) is 0 Å². The summed E-state index contributed by atoms with van der Waals surface area (Å²) in [5, 5.41) is 0.